The fourth-order valence-electron chi connectivity index (χ4n) is 12.1. The van der Waals surface area contributed by atoms with Crippen molar-refractivity contribution in [3.63, 3.8) is 0 Å². The first-order valence-electron chi connectivity index (χ1n) is 21.2. The van der Waals surface area contributed by atoms with Crippen LogP contribution >= 0.6 is 0 Å². The number of fused-ring (bicyclic) bond motifs is 10. The van der Waals surface area contributed by atoms with Gasteiger partial charge in [0.25, 0.3) is 0 Å². The normalized spacial score (nSPS) is 32.2. The van der Waals surface area contributed by atoms with E-state index < -0.39 is 11.8 Å². The maximum absolute atomic E-state index is 10.4. The number of amides is 2. The van der Waals surface area contributed by atoms with Crippen molar-refractivity contribution < 1.29 is 30.0 Å². The third-order valence-electron chi connectivity index (χ3n) is 15.2. The van der Waals surface area contributed by atoms with Crippen molar-refractivity contribution in [2.24, 2.45) is 46.0 Å². The number of nitrogens with two attached hydrogens (primary N) is 2. The Morgan fingerprint density at radius 2 is 0.948 bits per heavy atom. The van der Waals surface area contributed by atoms with Gasteiger partial charge in [0.15, 0.2) is 0 Å². The van der Waals surface area contributed by atoms with Crippen LogP contribution in [0.3, 0.4) is 0 Å². The largest absolute Gasteiger partial charge is 0.508 e. The highest BCUT2D eigenvalue weighted by molar-refractivity contribution is 5.92. The van der Waals surface area contributed by atoms with Crippen LogP contribution in [0.2, 0.25) is 0 Å². The van der Waals surface area contributed by atoms with Crippen molar-refractivity contribution in [1.29, 1.82) is 0 Å². The number of nitrogens with zero attached hydrogens (tertiary/aromatic N) is 2. The first-order chi connectivity index (χ1) is 27.8. The summed E-state index contributed by atoms with van der Waals surface area (Å²) < 4.78 is 0. The SMILES string of the molecule is C[C@]12CC[C@@H]3c4ccc(O)cc4CC[C@H]3[C@@H]1CC[C@@H]2O.C[C@]12CC[C@@H]3c4ccc(O)cc4CC[C@H]3[C@@H]1CC[C@@H]2O.NC(=O)c1ccncc1.NC(=O)c1ccncc1. The number of aliphatic hydroxyl groups excluding tert-OH is 2. The number of aromatic hydroxyl groups is 2. The van der Waals surface area contributed by atoms with E-state index in [4.69, 9.17) is 11.5 Å². The van der Waals surface area contributed by atoms with Crippen LogP contribution in [0.1, 0.15) is 133 Å². The highest BCUT2D eigenvalue weighted by Crippen LogP contribution is 2.62. The average Bonchev–Trinajstić information content (AvgIpc) is 3.71. The molecule has 4 fully saturated rings. The summed E-state index contributed by atoms with van der Waals surface area (Å²) in [5, 5.41) is 40.1. The van der Waals surface area contributed by atoms with Crippen molar-refractivity contribution in [2.75, 3.05) is 0 Å². The summed E-state index contributed by atoms with van der Waals surface area (Å²) >= 11 is 0. The van der Waals surface area contributed by atoms with Crippen LogP contribution in [-0.2, 0) is 12.8 Å². The second-order valence-corrected chi connectivity index (χ2v) is 18.1. The van der Waals surface area contributed by atoms with Crippen molar-refractivity contribution in [2.45, 2.75) is 115 Å². The zero-order valence-electron chi connectivity index (χ0n) is 33.8. The summed E-state index contributed by atoms with van der Waals surface area (Å²) in [6.07, 6.45) is 19.7. The number of carbonyl (C=O) groups is 2. The Kier molecular flexibility index (Phi) is 12.3. The fourth-order valence-corrected chi connectivity index (χ4v) is 12.1. The Labute approximate surface area is 342 Å². The molecule has 2 amide bonds. The zero-order chi connectivity index (χ0) is 41.2. The Morgan fingerprint density at radius 1 is 0.569 bits per heavy atom. The van der Waals surface area contributed by atoms with Crippen molar-refractivity contribution in [3.8, 4) is 11.5 Å². The molecule has 6 aliphatic carbocycles. The van der Waals surface area contributed by atoms with Gasteiger partial charge in [-0.05, 0) is 194 Å². The van der Waals surface area contributed by atoms with E-state index in [2.05, 4.69) is 35.9 Å². The molecule has 0 bridgehead atoms. The van der Waals surface area contributed by atoms with Crippen LogP contribution in [-0.4, -0.2) is 54.4 Å². The molecule has 308 valence electrons. The molecule has 2 aromatic carbocycles. The number of pyridine rings is 2. The van der Waals surface area contributed by atoms with E-state index in [1.807, 2.05) is 24.3 Å². The van der Waals surface area contributed by atoms with E-state index in [1.54, 1.807) is 24.3 Å². The molecule has 2 heterocycles. The zero-order valence-corrected chi connectivity index (χ0v) is 33.8. The number of aliphatic hydroxyl groups is 2. The first-order valence-corrected chi connectivity index (χ1v) is 21.2. The summed E-state index contributed by atoms with van der Waals surface area (Å²) in [6, 6.07) is 18.2. The predicted octanol–water partition coefficient (Wildman–Crippen LogP) is 7.58. The van der Waals surface area contributed by atoms with Crippen LogP contribution in [0.15, 0.2) is 85.5 Å². The maximum atomic E-state index is 10.4. The minimum Gasteiger partial charge on any atom is -0.508 e. The number of carbonyl (C=O) groups excluding carboxylic acids is 2. The molecule has 6 aliphatic rings. The lowest BCUT2D eigenvalue weighted by atomic mass is 9.55. The quantitative estimate of drug-likeness (QED) is 0.120. The molecule has 10 heteroatoms. The molecule has 0 spiro atoms. The van der Waals surface area contributed by atoms with Gasteiger partial charge in [0.05, 0.1) is 12.2 Å². The molecule has 10 nitrogen and oxygen atoms in total. The van der Waals surface area contributed by atoms with Crippen molar-refractivity contribution in [1.82, 2.24) is 9.97 Å². The number of phenols is 2. The van der Waals surface area contributed by atoms with E-state index in [0.717, 1.165) is 50.4 Å². The molecule has 0 aliphatic heterocycles. The van der Waals surface area contributed by atoms with E-state index >= 15 is 0 Å². The van der Waals surface area contributed by atoms with Crippen LogP contribution in [0, 0.1) is 34.5 Å². The number of rotatable bonds is 2. The number of primary amides is 2. The molecule has 0 unspecified atom stereocenters. The number of aromatic nitrogens is 2. The molecule has 0 radical (unpaired) electrons. The second kappa shape index (κ2) is 17.2. The number of benzene rings is 2. The Balaban J connectivity index is 0.000000126. The van der Waals surface area contributed by atoms with Crippen molar-refractivity contribution in [3.05, 3.63) is 119 Å². The smallest absolute Gasteiger partial charge is 0.248 e. The summed E-state index contributed by atoms with van der Waals surface area (Å²) in [7, 11) is 0. The van der Waals surface area contributed by atoms with Gasteiger partial charge >= 0.3 is 0 Å². The molecular weight excluding hydrogens is 729 g/mol. The summed E-state index contributed by atoms with van der Waals surface area (Å²) in [5.74, 6) is 4.14. The molecule has 2 aromatic heterocycles. The van der Waals surface area contributed by atoms with Gasteiger partial charge in [0, 0.05) is 35.9 Å². The molecule has 0 saturated heterocycles. The van der Waals surface area contributed by atoms with Gasteiger partial charge in [0.2, 0.25) is 11.8 Å². The molecular formula is C48H60N4O6. The summed E-state index contributed by atoms with van der Waals surface area (Å²) in [5.41, 5.74) is 16.9. The van der Waals surface area contributed by atoms with Gasteiger partial charge in [-0.15, -0.1) is 0 Å². The second-order valence-electron chi connectivity index (χ2n) is 18.1. The lowest BCUT2D eigenvalue weighted by molar-refractivity contribution is -0.0226. The van der Waals surface area contributed by atoms with E-state index in [0.29, 0.717) is 46.3 Å². The van der Waals surface area contributed by atoms with E-state index in [-0.39, 0.29) is 23.0 Å². The Bertz CT molecular complexity index is 1920. The highest BCUT2D eigenvalue weighted by Gasteiger charge is 2.55. The number of phenolic OH excluding ortho intramolecular Hbond substituents is 2. The summed E-state index contributed by atoms with van der Waals surface area (Å²) in [4.78, 5) is 28.2. The highest BCUT2D eigenvalue weighted by atomic mass is 16.3. The minimum atomic E-state index is -0.419. The number of hydrogen-bond donors (Lipinski definition) is 6. The molecule has 4 saturated carbocycles. The number of hydrogen-bond acceptors (Lipinski definition) is 8. The molecule has 10 atom stereocenters. The van der Waals surface area contributed by atoms with Gasteiger partial charge in [-0.25, -0.2) is 0 Å². The average molecular weight is 789 g/mol. The number of aryl methyl sites for hydroxylation is 2. The van der Waals surface area contributed by atoms with Gasteiger partial charge in [-0.1, -0.05) is 26.0 Å². The topological polar surface area (TPSA) is 193 Å². The van der Waals surface area contributed by atoms with Crippen LogP contribution < -0.4 is 11.5 Å². The van der Waals surface area contributed by atoms with E-state index in [1.165, 1.54) is 85.6 Å². The Hall–Kier alpha value is -4.80. The predicted molar refractivity (Wildman–Crippen MR) is 223 cm³/mol. The minimum absolute atomic E-state index is 0.0883. The van der Waals surface area contributed by atoms with Gasteiger partial charge in [-0.2, -0.15) is 0 Å². The van der Waals surface area contributed by atoms with Gasteiger partial charge in [0.1, 0.15) is 11.5 Å². The van der Waals surface area contributed by atoms with Gasteiger partial charge < -0.3 is 31.9 Å². The monoisotopic (exact) mass is 788 g/mol. The summed E-state index contributed by atoms with van der Waals surface area (Å²) in [6.45, 7) is 4.63. The van der Waals surface area contributed by atoms with Crippen LogP contribution in [0.5, 0.6) is 11.5 Å². The lowest BCUT2D eigenvalue weighted by Crippen LogP contribution is -2.43. The molecule has 4 aromatic rings. The molecule has 8 N–H and O–H groups in total. The third kappa shape index (κ3) is 8.23. The first kappa shape index (κ1) is 41.4. The standard InChI is InChI=1S/2C18H24O2.2C6H6N2O/c2*1-18-9-8-14-13-5-3-12(19)10-11(13)2-4-15(14)16(18)6-7-17(18)20;2*7-6(9)5-1-3-8-4-2-5/h2*3,5,10,14-17,19-20H,2,4,6-9H2,1H3;2*1-4H,(H2,7,9)/t2*14-,15-,16+,17+,18+;;/m11../s1. The molecule has 10 rings (SSSR count). The third-order valence-corrected chi connectivity index (χ3v) is 15.2. The maximum Gasteiger partial charge on any atom is 0.248 e. The molecule has 58 heavy (non-hydrogen) atoms. The van der Waals surface area contributed by atoms with Crippen molar-refractivity contribution >= 4 is 11.8 Å². The fraction of sp³-hybridized carbons (Fsp3) is 0.500. The van der Waals surface area contributed by atoms with Gasteiger partial charge in [-0.3, -0.25) is 19.6 Å². The van der Waals surface area contributed by atoms with E-state index in [9.17, 15) is 30.0 Å². The van der Waals surface area contributed by atoms with Crippen LogP contribution in [0.4, 0.5) is 0 Å². The Morgan fingerprint density at radius 3 is 1.29 bits per heavy atom. The lowest BCUT2D eigenvalue weighted by Gasteiger charge is -2.50. The van der Waals surface area contributed by atoms with Crippen LogP contribution in [0.25, 0.3) is 0 Å².